The Morgan fingerprint density at radius 3 is 2.30 bits per heavy atom. The van der Waals surface area contributed by atoms with Crippen LogP contribution in [0.25, 0.3) is 0 Å². The van der Waals surface area contributed by atoms with E-state index in [9.17, 15) is 8.42 Å². The van der Waals surface area contributed by atoms with Crippen molar-refractivity contribution in [3.63, 3.8) is 0 Å². The predicted octanol–water partition coefficient (Wildman–Crippen LogP) is 3.11. The molecule has 2 N–H and O–H groups in total. The third kappa shape index (κ3) is 9.25. The molecular weight excluding hydrogens is 477 g/mol. The average Bonchev–Trinajstić information content (AvgIpc) is 2.89. The van der Waals surface area contributed by atoms with Crippen molar-refractivity contribution >= 4 is 39.8 Å². The molecule has 0 aromatic heterocycles. The number of nitrogens with zero attached hydrogens (tertiary/aromatic N) is 1. The Hall–Kier alpha value is -0.870. The van der Waals surface area contributed by atoms with Gasteiger partial charge < -0.3 is 15.4 Å². The Labute approximate surface area is 180 Å². The van der Waals surface area contributed by atoms with E-state index >= 15 is 0 Å². The molecule has 0 heterocycles. The van der Waals surface area contributed by atoms with Gasteiger partial charge in [-0.1, -0.05) is 37.8 Å². The number of rotatable bonds is 7. The molecule has 8 heteroatoms. The van der Waals surface area contributed by atoms with E-state index in [-0.39, 0.29) is 24.0 Å². The maximum absolute atomic E-state index is 11.5. The highest BCUT2D eigenvalue weighted by molar-refractivity contribution is 14.0. The minimum atomic E-state index is -3.15. The summed E-state index contributed by atoms with van der Waals surface area (Å²) in [5.74, 6) is 0.710. The number of ether oxygens (including phenoxy) is 1. The topological polar surface area (TPSA) is 79.8 Å². The summed E-state index contributed by atoms with van der Waals surface area (Å²) in [4.78, 5) is 4.54. The monoisotopic (exact) mass is 509 g/mol. The van der Waals surface area contributed by atoms with E-state index in [1.54, 1.807) is 19.2 Å². The van der Waals surface area contributed by atoms with E-state index in [4.69, 9.17) is 4.74 Å². The first kappa shape index (κ1) is 24.2. The number of hydrogen-bond acceptors (Lipinski definition) is 4. The van der Waals surface area contributed by atoms with Gasteiger partial charge in [0, 0.05) is 26.4 Å². The number of hydrogen-bond donors (Lipinski definition) is 2. The van der Waals surface area contributed by atoms with Crippen LogP contribution in [0, 0.1) is 0 Å². The van der Waals surface area contributed by atoms with Gasteiger partial charge in [-0.15, -0.1) is 24.0 Å². The molecule has 0 aliphatic heterocycles. The summed E-state index contributed by atoms with van der Waals surface area (Å²) >= 11 is 0. The standard InChI is InChI=1S/C19H31N3O3S.HI/c1-20-19(21-13-14-25-17-7-5-3-4-6-8-17)22-15-16-9-11-18(12-10-16)26(2,23)24;/h9-12,17H,3-8,13-15H2,1-2H3,(H2,20,21,22);1H. The van der Waals surface area contributed by atoms with Crippen LogP contribution in [0.1, 0.15) is 44.1 Å². The molecule has 1 fully saturated rings. The molecule has 1 aliphatic rings. The lowest BCUT2D eigenvalue weighted by Gasteiger charge is -2.17. The van der Waals surface area contributed by atoms with Crippen LogP contribution < -0.4 is 10.6 Å². The summed E-state index contributed by atoms with van der Waals surface area (Å²) < 4.78 is 28.9. The molecule has 0 atom stereocenters. The van der Waals surface area contributed by atoms with E-state index in [0.717, 1.165) is 5.56 Å². The van der Waals surface area contributed by atoms with E-state index in [2.05, 4.69) is 15.6 Å². The van der Waals surface area contributed by atoms with Gasteiger partial charge in [0.15, 0.2) is 15.8 Å². The van der Waals surface area contributed by atoms with Crippen molar-refractivity contribution < 1.29 is 13.2 Å². The van der Waals surface area contributed by atoms with Crippen molar-refractivity contribution in [3.05, 3.63) is 29.8 Å². The van der Waals surface area contributed by atoms with Crippen molar-refractivity contribution in [1.82, 2.24) is 10.6 Å². The van der Waals surface area contributed by atoms with E-state index in [1.165, 1.54) is 44.8 Å². The number of sulfone groups is 1. The fourth-order valence-electron chi connectivity index (χ4n) is 3.06. The third-order valence-corrected chi connectivity index (χ3v) is 5.71. The van der Waals surface area contributed by atoms with Crippen LogP contribution in [0.4, 0.5) is 0 Å². The summed E-state index contributed by atoms with van der Waals surface area (Å²) in [5.41, 5.74) is 0.995. The van der Waals surface area contributed by atoms with Crippen LogP contribution in [0.15, 0.2) is 34.2 Å². The molecule has 6 nitrogen and oxygen atoms in total. The second-order valence-corrected chi connectivity index (χ2v) is 8.77. The van der Waals surface area contributed by atoms with E-state index in [1.807, 2.05) is 12.1 Å². The largest absolute Gasteiger partial charge is 0.376 e. The maximum atomic E-state index is 11.5. The molecule has 0 saturated heterocycles. The highest BCUT2D eigenvalue weighted by atomic mass is 127. The molecule has 0 unspecified atom stereocenters. The van der Waals surface area contributed by atoms with Crippen molar-refractivity contribution in [2.45, 2.75) is 56.1 Å². The molecule has 2 rings (SSSR count). The van der Waals surface area contributed by atoms with Crippen LogP contribution >= 0.6 is 24.0 Å². The summed E-state index contributed by atoms with van der Waals surface area (Å²) in [7, 11) is -1.42. The first-order valence-corrected chi connectivity index (χ1v) is 11.2. The highest BCUT2D eigenvalue weighted by Crippen LogP contribution is 2.19. The molecule has 0 spiro atoms. The van der Waals surface area contributed by atoms with Crippen LogP contribution in [0.2, 0.25) is 0 Å². The molecule has 0 radical (unpaired) electrons. The van der Waals surface area contributed by atoms with Crippen molar-refractivity contribution in [2.24, 2.45) is 4.99 Å². The van der Waals surface area contributed by atoms with Gasteiger partial charge in [0.25, 0.3) is 0 Å². The van der Waals surface area contributed by atoms with Gasteiger partial charge in [-0.2, -0.15) is 0 Å². The van der Waals surface area contributed by atoms with Crippen LogP contribution in [0.5, 0.6) is 0 Å². The second-order valence-electron chi connectivity index (χ2n) is 6.75. The van der Waals surface area contributed by atoms with Gasteiger partial charge in [0.1, 0.15) is 0 Å². The number of halogens is 1. The SMILES string of the molecule is CN=C(NCCOC1CCCCCC1)NCc1ccc(S(C)(=O)=O)cc1.I. The summed E-state index contributed by atoms with van der Waals surface area (Å²) in [6, 6.07) is 6.88. The zero-order chi connectivity index (χ0) is 18.8. The first-order valence-electron chi connectivity index (χ1n) is 9.34. The molecule has 154 valence electrons. The summed E-state index contributed by atoms with van der Waals surface area (Å²) in [6.07, 6.45) is 9.19. The minimum absolute atomic E-state index is 0. The van der Waals surface area contributed by atoms with E-state index < -0.39 is 9.84 Å². The molecule has 0 bridgehead atoms. The first-order chi connectivity index (χ1) is 12.5. The Bertz CT molecular complexity index is 670. The molecule has 1 aromatic rings. The van der Waals surface area contributed by atoms with Crippen molar-refractivity contribution in [3.8, 4) is 0 Å². The lowest BCUT2D eigenvalue weighted by molar-refractivity contribution is 0.0468. The Balaban J connectivity index is 0.00000364. The molecular formula is C19H32IN3O3S. The second kappa shape index (κ2) is 12.6. The summed E-state index contributed by atoms with van der Waals surface area (Å²) in [6.45, 7) is 1.96. The van der Waals surface area contributed by atoms with Gasteiger partial charge in [-0.05, 0) is 30.5 Å². The van der Waals surface area contributed by atoms with Gasteiger partial charge in [-0.25, -0.2) is 8.42 Å². The van der Waals surface area contributed by atoms with E-state index in [0.29, 0.717) is 36.7 Å². The zero-order valence-electron chi connectivity index (χ0n) is 16.2. The Kier molecular flexibility index (Phi) is 11.2. The lowest BCUT2D eigenvalue weighted by Crippen LogP contribution is -2.38. The van der Waals surface area contributed by atoms with Gasteiger partial charge in [0.2, 0.25) is 0 Å². The molecule has 27 heavy (non-hydrogen) atoms. The van der Waals surface area contributed by atoms with Crippen LogP contribution in [0.3, 0.4) is 0 Å². The highest BCUT2D eigenvalue weighted by Gasteiger charge is 2.12. The molecule has 1 aromatic carbocycles. The number of aliphatic imine (C=N–C) groups is 1. The maximum Gasteiger partial charge on any atom is 0.191 e. The average molecular weight is 509 g/mol. The van der Waals surface area contributed by atoms with Crippen molar-refractivity contribution in [2.75, 3.05) is 26.5 Å². The van der Waals surface area contributed by atoms with Crippen molar-refractivity contribution in [1.29, 1.82) is 0 Å². The Morgan fingerprint density at radius 1 is 1.11 bits per heavy atom. The lowest BCUT2D eigenvalue weighted by atomic mass is 10.1. The number of guanidine groups is 1. The zero-order valence-corrected chi connectivity index (χ0v) is 19.4. The summed E-state index contributed by atoms with van der Waals surface area (Å²) in [5, 5.41) is 6.47. The van der Waals surface area contributed by atoms with Gasteiger partial charge >= 0.3 is 0 Å². The Morgan fingerprint density at radius 2 is 1.74 bits per heavy atom. The minimum Gasteiger partial charge on any atom is -0.376 e. The fraction of sp³-hybridized carbons (Fsp3) is 0.632. The number of nitrogens with one attached hydrogen (secondary N) is 2. The van der Waals surface area contributed by atoms with Gasteiger partial charge in [-0.3, -0.25) is 4.99 Å². The molecule has 1 aliphatic carbocycles. The van der Waals surface area contributed by atoms with Gasteiger partial charge in [0.05, 0.1) is 17.6 Å². The molecule has 1 saturated carbocycles. The predicted molar refractivity (Wildman–Crippen MR) is 121 cm³/mol. The number of benzene rings is 1. The fourth-order valence-corrected chi connectivity index (χ4v) is 3.69. The smallest absolute Gasteiger partial charge is 0.191 e. The van der Waals surface area contributed by atoms with Crippen LogP contribution in [-0.4, -0.2) is 46.9 Å². The normalized spacial score (nSPS) is 16.3. The quantitative estimate of drug-likeness (QED) is 0.194. The third-order valence-electron chi connectivity index (χ3n) is 4.59. The van der Waals surface area contributed by atoms with Crippen LogP contribution in [-0.2, 0) is 21.1 Å². The molecule has 0 amide bonds.